The molecule has 0 radical (unpaired) electrons. The maximum atomic E-state index is 12.2. The van der Waals surface area contributed by atoms with Crippen molar-refractivity contribution in [3.05, 3.63) is 17.5 Å². The average molecular weight is 304 g/mol. The second-order valence-electron chi connectivity index (χ2n) is 7.58. The van der Waals surface area contributed by atoms with Crippen LogP contribution in [0.25, 0.3) is 0 Å². The molecule has 4 fully saturated rings. The molecule has 4 aliphatic carbocycles. The summed E-state index contributed by atoms with van der Waals surface area (Å²) in [5.41, 5.74) is 0.377. The fourth-order valence-corrected chi connectivity index (χ4v) is 6.17. The Morgan fingerprint density at radius 1 is 1.24 bits per heavy atom. The van der Waals surface area contributed by atoms with E-state index in [1.807, 2.05) is 17.5 Å². The minimum Gasteiger partial charge on any atom is -0.335 e. The molecule has 2 amide bonds. The first-order chi connectivity index (χ1) is 10.1. The van der Waals surface area contributed by atoms with Gasteiger partial charge in [0, 0.05) is 6.04 Å². The van der Waals surface area contributed by atoms with Crippen molar-refractivity contribution in [3.8, 4) is 0 Å². The van der Waals surface area contributed by atoms with Gasteiger partial charge in [-0.05, 0) is 86.1 Å². The summed E-state index contributed by atoms with van der Waals surface area (Å²) in [4.78, 5) is 12.2. The average Bonchev–Trinajstić information content (AvgIpc) is 2.89. The summed E-state index contributed by atoms with van der Waals surface area (Å²) < 4.78 is 0. The van der Waals surface area contributed by atoms with Crippen molar-refractivity contribution in [1.29, 1.82) is 0 Å². The van der Waals surface area contributed by atoms with Gasteiger partial charge >= 0.3 is 6.03 Å². The monoisotopic (exact) mass is 304 g/mol. The van der Waals surface area contributed by atoms with Gasteiger partial charge in [-0.15, -0.1) is 11.3 Å². The molecule has 0 aliphatic heterocycles. The lowest BCUT2D eigenvalue weighted by atomic mass is 9.48. The van der Waals surface area contributed by atoms with Crippen LogP contribution < -0.4 is 10.6 Å². The van der Waals surface area contributed by atoms with Gasteiger partial charge in [0.05, 0.1) is 5.00 Å². The SMILES string of the molecule is CC(NC(=O)Nc1cccs1)C12CC3CC(CC(C3)C1)C2. The minimum absolute atomic E-state index is 0.0410. The zero-order chi connectivity index (χ0) is 14.4. The maximum Gasteiger partial charge on any atom is 0.320 e. The minimum atomic E-state index is -0.0410. The molecule has 4 aliphatic rings. The van der Waals surface area contributed by atoms with Crippen LogP contribution in [0.2, 0.25) is 0 Å². The Kier molecular flexibility index (Phi) is 3.25. The Morgan fingerprint density at radius 3 is 2.38 bits per heavy atom. The van der Waals surface area contributed by atoms with E-state index in [-0.39, 0.29) is 12.1 Å². The molecule has 1 aromatic heterocycles. The molecule has 4 heteroatoms. The molecule has 1 heterocycles. The molecule has 0 aromatic carbocycles. The lowest BCUT2D eigenvalue weighted by Crippen LogP contribution is -2.56. The van der Waals surface area contributed by atoms with Crippen LogP contribution in [-0.2, 0) is 0 Å². The molecule has 4 bridgehead atoms. The zero-order valence-corrected chi connectivity index (χ0v) is 13.4. The van der Waals surface area contributed by atoms with Gasteiger partial charge in [-0.1, -0.05) is 0 Å². The summed E-state index contributed by atoms with van der Waals surface area (Å²) in [5, 5.41) is 9.09. The number of nitrogens with one attached hydrogen (secondary N) is 2. The van der Waals surface area contributed by atoms with Gasteiger partial charge in [0.15, 0.2) is 0 Å². The van der Waals surface area contributed by atoms with Crippen molar-refractivity contribution >= 4 is 22.4 Å². The van der Waals surface area contributed by atoms with Crippen molar-refractivity contribution in [2.24, 2.45) is 23.2 Å². The molecule has 5 rings (SSSR count). The van der Waals surface area contributed by atoms with Crippen LogP contribution in [0.3, 0.4) is 0 Å². The van der Waals surface area contributed by atoms with E-state index in [4.69, 9.17) is 0 Å². The number of anilines is 1. The van der Waals surface area contributed by atoms with E-state index in [2.05, 4.69) is 17.6 Å². The number of thiophene rings is 1. The van der Waals surface area contributed by atoms with Crippen molar-refractivity contribution in [2.45, 2.75) is 51.5 Å². The molecule has 0 saturated heterocycles. The zero-order valence-electron chi connectivity index (χ0n) is 12.6. The van der Waals surface area contributed by atoms with Gasteiger partial charge in [-0.25, -0.2) is 4.79 Å². The number of urea groups is 1. The molecule has 1 atom stereocenters. The fourth-order valence-electron chi connectivity index (χ4n) is 5.56. The van der Waals surface area contributed by atoms with Crippen LogP contribution in [0.15, 0.2) is 17.5 Å². The molecule has 0 spiro atoms. The van der Waals surface area contributed by atoms with Gasteiger partial charge in [-0.3, -0.25) is 5.32 Å². The van der Waals surface area contributed by atoms with Gasteiger partial charge in [0.25, 0.3) is 0 Å². The number of amides is 2. The van der Waals surface area contributed by atoms with E-state index in [9.17, 15) is 4.79 Å². The third-order valence-corrected chi connectivity index (χ3v) is 6.89. The van der Waals surface area contributed by atoms with E-state index in [1.54, 1.807) is 11.3 Å². The van der Waals surface area contributed by atoms with E-state index in [0.29, 0.717) is 5.41 Å². The third kappa shape index (κ3) is 2.48. The van der Waals surface area contributed by atoms with Gasteiger partial charge < -0.3 is 5.32 Å². The Bertz CT molecular complexity index is 490. The number of carbonyl (C=O) groups is 1. The Labute approximate surface area is 130 Å². The lowest BCUT2D eigenvalue weighted by molar-refractivity contribution is -0.0679. The highest BCUT2D eigenvalue weighted by molar-refractivity contribution is 7.14. The topological polar surface area (TPSA) is 41.1 Å². The van der Waals surface area contributed by atoms with Crippen LogP contribution in [0.5, 0.6) is 0 Å². The quantitative estimate of drug-likeness (QED) is 0.849. The van der Waals surface area contributed by atoms with Gasteiger partial charge in [0.2, 0.25) is 0 Å². The number of hydrogen-bond donors (Lipinski definition) is 2. The number of carbonyl (C=O) groups excluding carboxylic acids is 1. The molecule has 2 N–H and O–H groups in total. The molecule has 1 unspecified atom stereocenters. The fraction of sp³-hybridized carbons (Fsp3) is 0.706. The molecule has 4 saturated carbocycles. The lowest BCUT2D eigenvalue weighted by Gasteiger charge is -2.59. The predicted molar refractivity (Wildman–Crippen MR) is 86.5 cm³/mol. The maximum absolute atomic E-state index is 12.2. The normalized spacial score (nSPS) is 38.2. The van der Waals surface area contributed by atoms with E-state index in [0.717, 1.165) is 22.8 Å². The second-order valence-corrected chi connectivity index (χ2v) is 8.53. The summed E-state index contributed by atoms with van der Waals surface area (Å²) in [6, 6.07) is 4.15. The second kappa shape index (κ2) is 5.01. The standard InChI is InChI=1S/C17H24N2OS/c1-11(18-16(20)19-15-3-2-4-21-15)17-8-12-5-13(9-17)7-14(6-12)10-17/h2-4,11-14H,5-10H2,1H3,(H2,18,19,20). The first-order valence-corrected chi connectivity index (χ1v) is 9.12. The molecule has 114 valence electrons. The van der Waals surface area contributed by atoms with E-state index < -0.39 is 0 Å². The summed E-state index contributed by atoms with van der Waals surface area (Å²) in [5.74, 6) is 2.79. The molecule has 21 heavy (non-hydrogen) atoms. The van der Waals surface area contributed by atoms with Crippen LogP contribution in [0.4, 0.5) is 9.80 Å². The van der Waals surface area contributed by atoms with E-state index in [1.165, 1.54) is 38.5 Å². The largest absolute Gasteiger partial charge is 0.335 e. The van der Waals surface area contributed by atoms with Crippen molar-refractivity contribution < 1.29 is 4.79 Å². The number of rotatable bonds is 3. The van der Waals surface area contributed by atoms with Crippen molar-refractivity contribution in [3.63, 3.8) is 0 Å². The first-order valence-electron chi connectivity index (χ1n) is 8.24. The van der Waals surface area contributed by atoms with Crippen molar-refractivity contribution in [1.82, 2.24) is 5.32 Å². The molecular weight excluding hydrogens is 280 g/mol. The summed E-state index contributed by atoms with van der Waals surface area (Å²) in [6.07, 6.45) is 8.35. The summed E-state index contributed by atoms with van der Waals surface area (Å²) in [6.45, 7) is 2.22. The van der Waals surface area contributed by atoms with Gasteiger partial charge in [0.1, 0.15) is 0 Å². The smallest absolute Gasteiger partial charge is 0.320 e. The van der Waals surface area contributed by atoms with Crippen LogP contribution >= 0.6 is 11.3 Å². The van der Waals surface area contributed by atoms with E-state index >= 15 is 0 Å². The van der Waals surface area contributed by atoms with Gasteiger partial charge in [-0.2, -0.15) is 0 Å². The highest BCUT2D eigenvalue weighted by Crippen LogP contribution is 2.61. The Balaban J connectivity index is 1.42. The van der Waals surface area contributed by atoms with Crippen LogP contribution in [0, 0.1) is 23.2 Å². The molecule has 1 aromatic rings. The summed E-state index contributed by atoms with van der Waals surface area (Å²) >= 11 is 1.57. The highest BCUT2D eigenvalue weighted by atomic mass is 32.1. The Morgan fingerprint density at radius 2 is 1.86 bits per heavy atom. The predicted octanol–water partition coefficient (Wildman–Crippen LogP) is 4.47. The third-order valence-electron chi connectivity index (χ3n) is 6.11. The van der Waals surface area contributed by atoms with Crippen LogP contribution in [-0.4, -0.2) is 12.1 Å². The Hall–Kier alpha value is -1.03. The highest BCUT2D eigenvalue weighted by Gasteiger charge is 2.53. The molecule has 3 nitrogen and oxygen atoms in total. The molecular formula is C17H24N2OS. The number of hydrogen-bond acceptors (Lipinski definition) is 2. The van der Waals surface area contributed by atoms with Crippen molar-refractivity contribution in [2.75, 3.05) is 5.32 Å². The summed E-state index contributed by atoms with van der Waals surface area (Å²) in [7, 11) is 0. The van der Waals surface area contributed by atoms with Crippen LogP contribution in [0.1, 0.15) is 45.4 Å². The first kappa shape index (κ1) is 13.6.